The highest BCUT2D eigenvalue weighted by atomic mass is 32.2. The van der Waals surface area contributed by atoms with Crippen molar-refractivity contribution in [1.29, 1.82) is 0 Å². The molecular formula is C16H28OS. The summed E-state index contributed by atoms with van der Waals surface area (Å²) in [5.74, 6) is 0.348. The quantitative estimate of drug-likeness (QED) is 0.648. The maximum atomic E-state index is 11.5. The largest absolute Gasteiger partial charge is 0.298 e. The molecule has 0 aromatic heterocycles. The summed E-state index contributed by atoms with van der Waals surface area (Å²) in [7, 11) is 0. The number of Topliss-reactive ketones (excluding diaryl/α,β-unsaturated/α-hetero) is 1. The van der Waals surface area contributed by atoms with Crippen molar-refractivity contribution in [2.75, 3.05) is 0 Å². The second kappa shape index (κ2) is 14.3. The summed E-state index contributed by atoms with van der Waals surface area (Å²) in [5.41, 5.74) is 0. The summed E-state index contributed by atoms with van der Waals surface area (Å²) >= 11 is 1.67. The van der Waals surface area contributed by atoms with Crippen molar-refractivity contribution < 1.29 is 4.79 Å². The third kappa shape index (κ3) is 8.35. The fraction of sp³-hybridized carbons (Fsp3) is 0.562. The van der Waals surface area contributed by atoms with E-state index >= 15 is 0 Å². The van der Waals surface area contributed by atoms with Gasteiger partial charge in [0.2, 0.25) is 0 Å². The Morgan fingerprint density at radius 3 is 1.94 bits per heavy atom. The van der Waals surface area contributed by atoms with Crippen LogP contribution in [-0.4, -0.2) is 11.0 Å². The molecule has 0 saturated carbocycles. The Bertz CT molecular complexity index is 282. The zero-order valence-corrected chi connectivity index (χ0v) is 13.5. The molecule has 0 spiro atoms. The lowest BCUT2D eigenvalue weighted by molar-refractivity contribution is -0.118. The zero-order chi connectivity index (χ0) is 14.4. The van der Waals surface area contributed by atoms with Crippen LogP contribution in [-0.2, 0) is 4.79 Å². The standard InChI is InChI=1S/C12H16OS.2C2H6/c1-3-11(13)12(4-2)14-10-8-6-5-7-9-10;2*1-2/h5-9,12H,3-4H2,1-2H3;2*1-2H3. The minimum atomic E-state index is 0.127. The first kappa shape index (κ1) is 19.6. The van der Waals surface area contributed by atoms with Gasteiger partial charge in [-0.3, -0.25) is 4.79 Å². The highest BCUT2D eigenvalue weighted by Crippen LogP contribution is 2.26. The van der Waals surface area contributed by atoms with Crippen LogP contribution in [0.25, 0.3) is 0 Å². The van der Waals surface area contributed by atoms with E-state index in [4.69, 9.17) is 0 Å². The molecule has 0 aliphatic heterocycles. The van der Waals surface area contributed by atoms with Crippen LogP contribution in [0.1, 0.15) is 54.4 Å². The van der Waals surface area contributed by atoms with Crippen LogP contribution in [0.5, 0.6) is 0 Å². The molecule has 0 heterocycles. The fourth-order valence-corrected chi connectivity index (χ4v) is 2.38. The third-order valence-corrected chi connectivity index (χ3v) is 3.52. The molecule has 0 radical (unpaired) electrons. The number of hydrogen-bond donors (Lipinski definition) is 0. The number of hydrogen-bond acceptors (Lipinski definition) is 2. The Morgan fingerprint density at radius 1 is 1.06 bits per heavy atom. The Labute approximate surface area is 117 Å². The molecule has 104 valence electrons. The Hall–Kier alpha value is -0.760. The molecule has 1 aromatic carbocycles. The van der Waals surface area contributed by atoms with E-state index in [0.717, 1.165) is 6.42 Å². The molecule has 0 N–H and O–H groups in total. The van der Waals surface area contributed by atoms with Crippen LogP contribution < -0.4 is 0 Å². The second-order valence-electron chi connectivity index (χ2n) is 3.15. The van der Waals surface area contributed by atoms with Gasteiger partial charge in [0, 0.05) is 11.3 Å². The van der Waals surface area contributed by atoms with Gasteiger partial charge >= 0.3 is 0 Å². The average Bonchev–Trinajstić information content (AvgIpc) is 2.49. The summed E-state index contributed by atoms with van der Waals surface area (Å²) in [6.07, 6.45) is 1.55. The summed E-state index contributed by atoms with van der Waals surface area (Å²) in [4.78, 5) is 12.7. The molecule has 1 atom stereocenters. The van der Waals surface area contributed by atoms with E-state index in [0.29, 0.717) is 12.2 Å². The van der Waals surface area contributed by atoms with Gasteiger partial charge in [-0.05, 0) is 18.6 Å². The fourth-order valence-electron chi connectivity index (χ4n) is 1.27. The summed E-state index contributed by atoms with van der Waals surface area (Å²) in [5, 5.41) is 0.127. The van der Waals surface area contributed by atoms with Gasteiger partial charge in [-0.1, -0.05) is 59.7 Å². The van der Waals surface area contributed by atoms with Crippen LogP contribution in [0.2, 0.25) is 0 Å². The number of carbonyl (C=O) groups excluding carboxylic acids is 1. The Morgan fingerprint density at radius 2 is 1.56 bits per heavy atom. The van der Waals surface area contributed by atoms with E-state index < -0.39 is 0 Å². The van der Waals surface area contributed by atoms with E-state index in [1.807, 2.05) is 52.8 Å². The Kier molecular flexibility index (Phi) is 15.6. The molecule has 18 heavy (non-hydrogen) atoms. The number of benzene rings is 1. The predicted octanol–water partition coefficient (Wildman–Crippen LogP) is 5.59. The minimum absolute atomic E-state index is 0.127. The molecule has 1 unspecified atom stereocenters. The van der Waals surface area contributed by atoms with Crippen molar-refractivity contribution >= 4 is 17.5 Å². The smallest absolute Gasteiger partial charge is 0.145 e. The van der Waals surface area contributed by atoms with Gasteiger partial charge in [-0.15, -0.1) is 11.8 Å². The molecule has 0 amide bonds. The van der Waals surface area contributed by atoms with E-state index in [9.17, 15) is 4.79 Å². The van der Waals surface area contributed by atoms with E-state index in [1.165, 1.54) is 4.90 Å². The predicted molar refractivity (Wildman–Crippen MR) is 84.4 cm³/mol. The monoisotopic (exact) mass is 268 g/mol. The third-order valence-electron chi connectivity index (χ3n) is 2.10. The van der Waals surface area contributed by atoms with Crippen LogP contribution >= 0.6 is 11.8 Å². The molecule has 0 bridgehead atoms. The van der Waals surface area contributed by atoms with Crippen molar-refractivity contribution in [3.05, 3.63) is 30.3 Å². The van der Waals surface area contributed by atoms with Crippen LogP contribution in [0.15, 0.2) is 35.2 Å². The van der Waals surface area contributed by atoms with Gasteiger partial charge in [-0.25, -0.2) is 0 Å². The molecule has 1 aromatic rings. The highest BCUT2D eigenvalue weighted by Gasteiger charge is 2.15. The van der Waals surface area contributed by atoms with E-state index in [1.54, 1.807) is 11.8 Å². The van der Waals surface area contributed by atoms with Crippen molar-refractivity contribution in [3.8, 4) is 0 Å². The lowest BCUT2D eigenvalue weighted by Gasteiger charge is -2.11. The van der Waals surface area contributed by atoms with Gasteiger partial charge in [0.25, 0.3) is 0 Å². The van der Waals surface area contributed by atoms with Gasteiger partial charge in [0.05, 0.1) is 5.25 Å². The molecule has 2 heteroatoms. The molecule has 1 rings (SSSR count). The zero-order valence-electron chi connectivity index (χ0n) is 12.7. The molecule has 1 nitrogen and oxygen atoms in total. The van der Waals surface area contributed by atoms with Crippen molar-refractivity contribution in [3.63, 3.8) is 0 Å². The van der Waals surface area contributed by atoms with E-state index in [2.05, 4.69) is 19.1 Å². The summed E-state index contributed by atoms with van der Waals surface area (Å²) in [6.45, 7) is 12.0. The van der Waals surface area contributed by atoms with Crippen molar-refractivity contribution in [2.24, 2.45) is 0 Å². The van der Waals surface area contributed by atoms with E-state index in [-0.39, 0.29) is 5.25 Å². The average molecular weight is 268 g/mol. The molecule has 0 aliphatic rings. The molecular weight excluding hydrogens is 240 g/mol. The first-order chi connectivity index (χ1) is 8.77. The molecule has 0 fully saturated rings. The number of thioether (sulfide) groups is 1. The lowest BCUT2D eigenvalue weighted by Crippen LogP contribution is -2.14. The van der Waals surface area contributed by atoms with Crippen LogP contribution in [0.3, 0.4) is 0 Å². The maximum Gasteiger partial charge on any atom is 0.145 e. The van der Waals surface area contributed by atoms with Crippen molar-refractivity contribution in [2.45, 2.75) is 64.5 Å². The highest BCUT2D eigenvalue weighted by molar-refractivity contribution is 8.00. The summed E-state index contributed by atoms with van der Waals surface area (Å²) < 4.78 is 0. The van der Waals surface area contributed by atoms with Crippen molar-refractivity contribution in [1.82, 2.24) is 0 Å². The van der Waals surface area contributed by atoms with Gasteiger partial charge in [-0.2, -0.15) is 0 Å². The summed E-state index contributed by atoms with van der Waals surface area (Å²) in [6, 6.07) is 10.1. The van der Waals surface area contributed by atoms with Crippen LogP contribution in [0.4, 0.5) is 0 Å². The lowest BCUT2D eigenvalue weighted by atomic mass is 10.2. The first-order valence-electron chi connectivity index (χ1n) is 7.02. The molecule has 0 aliphatic carbocycles. The number of rotatable bonds is 5. The normalized spacial score (nSPS) is 10.3. The minimum Gasteiger partial charge on any atom is -0.298 e. The van der Waals surface area contributed by atoms with Gasteiger partial charge in [0.15, 0.2) is 0 Å². The first-order valence-corrected chi connectivity index (χ1v) is 7.90. The topological polar surface area (TPSA) is 17.1 Å². The number of ketones is 1. The number of carbonyl (C=O) groups is 1. The van der Waals surface area contributed by atoms with Gasteiger partial charge in [0.1, 0.15) is 5.78 Å². The SMILES string of the molecule is CC.CC.CCC(=O)C(CC)Sc1ccccc1. The van der Waals surface area contributed by atoms with Gasteiger partial charge < -0.3 is 0 Å². The molecule has 0 saturated heterocycles. The van der Waals surface area contributed by atoms with Crippen LogP contribution in [0, 0.1) is 0 Å². The Balaban J connectivity index is 0. The maximum absolute atomic E-state index is 11.5. The second-order valence-corrected chi connectivity index (χ2v) is 4.42.